The predicted octanol–water partition coefficient (Wildman–Crippen LogP) is 1.55. The Labute approximate surface area is 118 Å². The molecule has 0 unspecified atom stereocenters. The first-order chi connectivity index (χ1) is 9.40. The van der Waals surface area contributed by atoms with Crippen LogP contribution >= 0.6 is 0 Å². The zero-order valence-electron chi connectivity index (χ0n) is 11.1. The summed E-state index contributed by atoms with van der Waals surface area (Å²) < 4.78 is 24.3. The highest BCUT2D eigenvalue weighted by Crippen LogP contribution is 2.20. The molecule has 1 aromatic heterocycles. The van der Waals surface area contributed by atoms with Crippen LogP contribution in [0.1, 0.15) is 11.1 Å². The van der Waals surface area contributed by atoms with E-state index in [0.29, 0.717) is 6.54 Å². The van der Waals surface area contributed by atoms with Gasteiger partial charge in [0.1, 0.15) is 0 Å². The molecule has 0 aliphatic heterocycles. The monoisotopic (exact) mass is 292 g/mol. The van der Waals surface area contributed by atoms with Gasteiger partial charge < -0.3 is 5.32 Å². The van der Waals surface area contributed by atoms with E-state index in [1.807, 2.05) is 13.1 Å². The van der Waals surface area contributed by atoms with E-state index in [2.05, 4.69) is 17.0 Å². The van der Waals surface area contributed by atoms with Gasteiger partial charge in [0.25, 0.3) is 0 Å². The molecule has 6 nitrogen and oxygen atoms in total. The second kappa shape index (κ2) is 5.48. The molecule has 1 aromatic carbocycles. The van der Waals surface area contributed by atoms with Gasteiger partial charge in [-0.05, 0) is 24.6 Å². The normalized spacial score (nSPS) is 11.3. The highest BCUT2D eigenvalue weighted by molar-refractivity contribution is 7.89. The first-order valence-corrected chi connectivity index (χ1v) is 7.47. The number of aryl methyl sites for hydroxylation is 1. The van der Waals surface area contributed by atoms with E-state index < -0.39 is 10.0 Å². The van der Waals surface area contributed by atoms with Crippen LogP contribution in [0.4, 0.5) is 5.69 Å². The van der Waals surface area contributed by atoms with E-state index in [0.717, 1.165) is 16.8 Å². The van der Waals surface area contributed by atoms with Gasteiger partial charge >= 0.3 is 0 Å². The van der Waals surface area contributed by atoms with E-state index in [1.165, 1.54) is 12.1 Å². The Morgan fingerprint density at radius 1 is 1.50 bits per heavy atom. The maximum absolute atomic E-state index is 11.3. The van der Waals surface area contributed by atoms with Crippen molar-refractivity contribution < 1.29 is 8.42 Å². The van der Waals surface area contributed by atoms with Gasteiger partial charge in [0.2, 0.25) is 10.0 Å². The summed E-state index contributed by atoms with van der Waals surface area (Å²) >= 11 is 0. The SMILES string of the molecule is C=Cn1cc(CNc2cc(S(N)(=O)=O)ccc2C)cn1. The van der Waals surface area contributed by atoms with E-state index in [9.17, 15) is 8.42 Å². The van der Waals surface area contributed by atoms with Crippen LogP contribution in [0.15, 0.2) is 42.1 Å². The van der Waals surface area contributed by atoms with Crippen LogP contribution in [0, 0.1) is 6.92 Å². The quantitative estimate of drug-likeness (QED) is 0.875. The van der Waals surface area contributed by atoms with Crippen molar-refractivity contribution in [3.63, 3.8) is 0 Å². The Hall–Kier alpha value is -2.12. The Balaban J connectivity index is 2.18. The lowest BCUT2D eigenvalue weighted by Crippen LogP contribution is -2.12. The van der Waals surface area contributed by atoms with Gasteiger partial charge in [-0.25, -0.2) is 18.2 Å². The molecule has 2 aromatic rings. The van der Waals surface area contributed by atoms with Gasteiger partial charge in [0, 0.05) is 30.2 Å². The molecule has 0 saturated heterocycles. The summed E-state index contributed by atoms with van der Waals surface area (Å²) in [6.07, 6.45) is 5.14. The molecular weight excluding hydrogens is 276 g/mol. The number of anilines is 1. The number of nitrogens with two attached hydrogens (primary N) is 1. The second-order valence-electron chi connectivity index (χ2n) is 4.39. The zero-order valence-corrected chi connectivity index (χ0v) is 11.9. The number of hydrogen-bond donors (Lipinski definition) is 2. The lowest BCUT2D eigenvalue weighted by atomic mass is 10.2. The average molecular weight is 292 g/mol. The van der Waals surface area contributed by atoms with Crippen molar-refractivity contribution in [3.8, 4) is 0 Å². The number of rotatable bonds is 5. The van der Waals surface area contributed by atoms with Crippen LogP contribution in [0.3, 0.4) is 0 Å². The lowest BCUT2D eigenvalue weighted by molar-refractivity contribution is 0.598. The van der Waals surface area contributed by atoms with E-state index in [4.69, 9.17) is 5.14 Å². The molecule has 106 valence electrons. The topological polar surface area (TPSA) is 90.0 Å². The van der Waals surface area contributed by atoms with Crippen LogP contribution in [-0.2, 0) is 16.6 Å². The summed E-state index contributed by atoms with van der Waals surface area (Å²) in [6, 6.07) is 4.74. The number of nitrogens with zero attached hydrogens (tertiary/aromatic N) is 2. The summed E-state index contributed by atoms with van der Waals surface area (Å²) in [5.74, 6) is 0. The second-order valence-corrected chi connectivity index (χ2v) is 5.95. The minimum absolute atomic E-state index is 0.0902. The molecule has 0 saturated carbocycles. The molecule has 0 spiro atoms. The summed E-state index contributed by atoms with van der Waals surface area (Å²) in [6.45, 7) is 6.04. The lowest BCUT2D eigenvalue weighted by Gasteiger charge is -2.10. The molecule has 0 amide bonds. The van der Waals surface area contributed by atoms with Crippen molar-refractivity contribution >= 4 is 21.9 Å². The number of benzene rings is 1. The van der Waals surface area contributed by atoms with Gasteiger partial charge in [-0.15, -0.1) is 0 Å². The molecule has 3 N–H and O–H groups in total. The first-order valence-electron chi connectivity index (χ1n) is 5.93. The maximum atomic E-state index is 11.3. The van der Waals surface area contributed by atoms with Crippen LogP contribution in [-0.4, -0.2) is 18.2 Å². The average Bonchev–Trinajstić information content (AvgIpc) is 2.84. The van der Waals surface area contributed by atoms with E-state index in [-0.39, 0.29) is 4.90 Å². The van der Waals surface area contributed by atoms with Crippen molar-refractivity contribution in [3.05, 3.63) is 48.3 Å². The highest BCUT2D eigenvalue weighted by Gasteiger charge is 2.10. The van der Waals surface area contributed by atoms with Crippen molar-refractivity contribution in [1.82, 2.24) is 9.78 Å². The summed E-state index contributed by atoms with van der Waals surface area (Å²) in [4.78, 5) is 0.0902. The van der Waals surface area contributed by atoms with E-state index >= 15 is 0 Å². The van der Waals surface area contributed by atoms with Gasteiger partial charge in [-0.1, -0.05) is 12.6 Å². The van der Waals surface area contributed by atoms with Gasteiger partial charge in [-0.3, -0.25) is 0 Å². The Bertz CT molecular complexity index is 735. The fraction of sp³-hybridized carbons (Fsp3) is 0.154. The predicted molar refractivity (Wildman–Crippen MR) is 78.5 cm³/mol. The largest absolute Gasteiger partial charge is 0.381 e. The van der Waals surface area contributed by atoms with Crippen molar-refractivity contribution in [2.24, 2.45) is 5.14 Å². The molecule has 0 aliphatic rings. The third kappa shape index (κ3) is 3.25. The Morgan fingerprint density at radius 2 is 2.25 bits per heavy atom. The van der Waals surface area contributed by atoms with Crippen LogP contribution in [0.25, 0.3) is 6.20 Å². The molecule has 0 fully saturated rings. The molecule has 0 bridgehead atoms. The molecule has 2 rings (SSSR count). The van der Waals surface area contributed by atoms with Crippen molar-refractivity contribution in [1.29, 1.82) is 0 Å². The zero-order chi connectivity index (χ0) is 14.8. The highest BCUT2D eigenvalue weighted by atomic mass is 32.2. The van der Waals surface area contributed by atoms with Crippen LogP contribution in [0.5, 0.6) is 0 Å². The standard InChI is InChI=1S/C13H16N4O2S/c1-3-17-9-11(8-16-17)7-15-13-6-12(20(14,18)19)5-4-10(13)2/h3-6,8-9,15H,1,7H2,2H3,(H2,14,18,19). The molecule has 0 aliphatic carbocycles. The van der Waals surface area contributed by atoms with Crippen LogP contribution < -0.4 is 10.5 Å². The summed E-state index contributed by atoms with van der Waals surface area (Å²) in [5.41, 5.74) is 2.63. The van der Waals surface area contributed by atoms with Crippen molar-refractivity contribution in [2.75, 3.05) is 5.32 Å². The number of sulfonamides is 1. The van der Waals surface area contributed by atoms with E-state index in [1.54, 1.807) is 23.1 Å². The molecule has 20 heavy (non-hydrogen) atoms. The number of hydrogen-bond acceptors (Lipinski definition) is 4. The van der Waals surface area contributed by atoms with Crippen molar-refractivity contribution in [2.45, 2.75) is 18.4 Å². The molecular formula is C13H16N4O2S. The fourth-order valence-corrected chi connectivity index (χ4v) is 2.27. The third-order valence-electron chi connectivity index (χ3n) is 2.86. The van der Waals surface area contributed by atoms with Crippen LogP contribution in [0.2, 0.25) is 0 Å². The molecule has 0 atom stereocenters. The minimum Gasteiger partial charge on any atom is -0.381 e. The Morgan fingerprint density at radius 3 is 2.85 bits per heavy atom. The minimum atomic E-state index is -3.69. The third-order valence-corrected chi connectivity index (χ3v) is 3.77. The Kier molecular flexibility index (Phi) is 3.91. The smallest absolute Gasteiger partial charge is 0.238 e. The maximum Gasteiger partial charge on any atom is 0.238 e. The molecule has 0 radical (unpaired) electrons. The van der Waals surface area contributed by atoms with Gasteiger partial charge in [0.15, 0.2) is 0 Å². The summed E-state index contributed by atoms with van der Waals surface area (Å²) in [5, 5.41) is 12.4. The number of primary sulfonamides is 1. The first kappa shape index (κ1) is 14.3. The summed E-state index contributed by atoms with van der Waals surface area (Å²) in [7, 11) is -3.69. The van der Waals surface area contributed by atoms with Gasteiger partial charge in [0.05, 0.1) is 11.1 Å². The number of aromatic nitrogens is 2. The fourth-order valence-electron chi connectivity index (χ4n) is 1.73. The molecule has 1 heterocycles. The number of nitrogens with one attached hydrogen (secondary N) is 1. The molecule has 7 heteroatoms. The van der Waals surface area contributed by atoms with Gasteiger partial charge in [-0.2, -0.15) is 5.10 Å².